The van der Waals surface area contributed by atoms with Gasteiger partial charge in [-0.25, -0.2) is 4.79 Å². The number of guanidine groups is 1. The molecule has 0 aromatic rings. The fourth-order valence-electron chi connectivity index (χ4n) is 0.906. The van der Waals surface area contributed by atoms with Crippen molar-refractivity contribution in [3.8, 4) is 0 Å². The molecule has 0 aliphatic rings. The van der Waals surface area contributed by atoms with E-state index in [4.69, 9.17) is 17.2 Å². The molecule has 0 fully saturated rings. The summed E-state index contributed by atoms with van der Waals surface area (Å²) in [6.07, 6.45) is 1.76. The normalized spacial score (nSPS) is 11.5. The van der Waals surface area contributed by atoms with E-state index in [1.54, 1.807) is 0 Å². The van der Waals surface area contributed by atoms with Crippen molar-refractivity contribution in [3.63, 3.8) is 0 Å². The van der Waals surface area contributed by atoms with Gasteiger partial charge in [0, 0.05) is 6.54 Å². The van der Waals surface area contributed by atoms with Crippen molar-refractivity contribution >= 4 is 11.9 Å². The number of rotatable bonds is 7. The highest BCUT2D eigenvalue weighted by Gasteiger charge is 2.14. The number of nitrogens with two attached hydrogens (primary N) is 3. The number of carbonyl (C=O) groups is 1. The second-order valence-electron chi connectivity index (χ2n) is 2.89. The van der Waals surface area contributed by atoms with Crippen molar-refractivity contribution < 1.29 is 9.63 Å². The van der Waals surface area contributed by atoms with Gasteiger partial charge < -0.3 is 17.2 Å². The minimum atomic E-state index is -0.832. The second kappa shape index (κ2) is 7.68. The Balaban J connectivity index is 3.54. The monoisotopic (exact) mass is 217 g/mol. The van der Waals surface area contributed by atoms with E-state index >= 15 is 0 Å². The van der Waals surface area contributed by atoms with Gasteiger partial charge in [0.05, 0.1) is 0 Å². The lowest BCUT2D eigenvalue weighted by atomic mass is 10.1. The van der Waals surface area contributed by atoms with Crippen LogP contribution < -0.4 is 17.2 Å². The molecule has 0 bridgehead atoms. The van der Waals surface area contributed by atoms with Gasteiger partial charge in [-0.3, -0.25) is 9.83 Å². The molecule has 0 aliphatic carbocycles. The summed E-state index contributed by atoms with van der Waals surface area (Å²) < 4.78 is 0. The molecule has 0 unspecified atom stereocenters. The molecular weight excluding hydrogens is 202 g/mol. The van der Waals surface area contributed by atoms with Crippen LogP contribution in [0.5, 0.6) is 0 Å². The van der Waals surface area contributed by atoms with Crippen molar-refractivity contribution in [3.05, 3.63) is 4.91 Å². The summed E-state index contributed by atoms with van der Waals surface area (Å²) in [5.41, 5.74) is 15.6. The summed E-state index contributed by atoms with van der Waals surface area (Å²) in [5, 5.41) is 1.99. The van der Waals surface area contributed by atoms with Crippen LogP contribution in [0.25, 0.3) is 0 Å². The van der Waals surface area contributed by atoms with Crippen LogP contribution in [0.2, 0.25) is 0 Å². The SMILES string of the molecule is NC(N)=NCCCC[C@H](N)C(=O)ON=O. The van der Waals surface area contributed by atoms with Crippen LogP contribution in [0.4, 0.5) is 0 Å². The second-order valence-corrected chi connectivity index (χ2v) is 2.89. The molecule has 86 valence electrons. The molecule has 0 spiro atoms. The van der Waals surface area contributed by atoms with Gasteiger partial charge in [-0.05, 0) is 19.3 Å². The molecule has 8 nitrogen and oxygen atoms in total. The summed E-state index contributed by atoms with van der Waals surface area (Å²) in [6.45, 7) is 0.482. The van der Waals surface area contributed by atoms with Crippen LogP contribution in [0.15, 0.2) is 10.3 Å². The summed E-state index contributed by atoms with van der Waals surface area (Å²) in [4.78, 5) is 28.0. The lowest BCUT2D eigenvalue weighted by Crippen LogP contribution is -2.31. The third-order valence-electron chi connectivity index (χ3n) is 1.65. The molecule has 0 saturated heterocycles. The van der Waals surface area contributed by atoms with E-state index in [1.165, 1.54) is 0 Å². The number of hydrogen-bond donors (Lipinski definition) is 3. The number of aliphatic imine (C=N–C) groups is 1. The van der Waals surface area contributed by atoms with Crippen molar-refractivity contribution in [2.24, 2.45) is 27.5 Å². The molecule has 0 heterocycles. The van der Waals surface area contributed by atoms with Crippen LogP contribution in [-0.2, 0) is 9.63 Å². The van der Waals surface area contributed by atoms with E-state index in [9.17, 15) is 9.70 Å². The van der Waals surface area contributed by atoms with Crippen molar-refractivity contribution in [1.82, 2.24) is 0 Å². The highest BCUT2D eigenvalue weighted by atomic mass is 16.7. The zero-order valence-corrected chi connectivity index (χ0v) is 8.26. The van der Waals surface area contributed by atoms with Gasteiger partial charge in [-0.15, -0.1) is 4.91 Å². The topological polar surface area (TPSA) is 146 Å². The van der Waals surface area contributed by atoms with E-state index in [0.29, 0.717) is 25.8 Å². The van der Waals surface area contributed by atoms with Gasteiger partial charge in [-0.2, -0.15) is 0 Å². The van der Waals surface area contributed by atoms with Gasteiger partial charge >= 0.3 is 5.97 Å². The third kappa shape index (κ3) is 7.38. The molecule has 0 aromatic carbocycles. The molecule has 0 aliphatic heterocycles. The first-order valence-electron chi connectivity index (χ1n) is 4.42. The molecule has 0 amide bonds. The summed E-state index contributed by atoms with van der Waals surface area (Å²) >= 11 is 0. The molecular formula is C7H15N5O3. The highest BCUT2D eigenvalue weighted by molar-refractivity contribution is 5.75. The summed E-state index contributed by atoms with van der Waals surface area (Å²) in [5.74, 6) is -0.796. The number of unbranched alkanes of at least 4 members (excludes halogenated alkanes) is 1. The summed E-state index contributed by atoms with van der Waals surface area (Å²) in [6, 6.07) is -0.832. The first-order chi connectivity index (χ1) is 7.07. The maximum atomic E-state index is 10.8. The number of carbonyl (C=O) groups excluding carboxylic acids is 1. The largest absolute Gasteiger partial charge is 0.370 e. The molecule has 15 heavy (non-hydrogen) atoms. The first kappa shape index (κ1) is 13.3. The van der Waals surface area contributed by atoms with Gasteiger partial charge in [0.15, 0.2) is 11.3 Å². The van der Waals surface area contributed by atoms with Crippen molar-refractivity contribution in [1.29, 1.82) is 0 Å². The maximum Gasteiger partial charge on any atom is 0.355 e. The Kier molecular flexibility index (Phi) is 6.81. The molecule has 1 atom stereocenters. The number of hydrogen-bond acceptors (Lipinski definition) is 6. The lowest BCUT2D eigenvalue weighted by molar-refractivity contribution is -0.145. The Bertz CT molecular complexity index is 239. The zero-order chi connectivity index (χ0) is 11.7. The fourth-order valence-corrected chi connectivity index (χ4v) is 0.906. The Hall–Kier alpha value is -1.70. The molecule has 0 radical (unpaired) electrons. The molecule has 6 N–H and O–H groups in total. The van der Waals surface area contributed by atoms with Gasteiger partial charge in [0.2, 0.25) is 0 Å². The highest BCUT2D eigenvalue weighted by Crippen LogP contribution is 2.01. The Morgan fingerprint density at radius 1 is 1.33 bits per heavy atom. The lowest BCUT2D eigenvalue weighted by Gasteiger charge is -2.05. The summed E-state index contributed by atoms with van der Waals surface area (Å²) in [7, 11) is 0. The van der Waals surface area contributed by atoms with E-state index in [-0.39, 0.29) is 5.96 Å². The minimum Gasteiger partial charge on any atom is -0.370 e. The maximum absolute atomic E-state index is 10.8. The van der Waals surface area contributed by atoms with Crippen LogP contribution in [0.1, 0.15) is 19.3 Å². The zero-order valence-electron chi connectivity index (χ0n) is 8.26. The standard InChI is InChI=1S/C7H15N5O3/c8-5(6(13)15-12-14)3-1-2-4-11-7(9)10/h5H,1-4,8H2,(H4,9,10,11)/t5-/m0/s1. The number of nitrogens with zero attached hydrogens (tertiary/aromatic N) is 2. The van der Waals surface area contributed by atoms with Gasteiger partial charge in [0.25, 0.3) is 0 Å². The average molecular weight is 217 g/mol. The van der Waals surface area contributed by atoms with E-state index < -0.39 is 12.0 Å². The predicted octanol–water partition coefficient (Wildman–Crippen LogP) is -1.02. The van der Waals surface area contributed by atoms with E-state index in [2.05, 4.69) is 9.83 Å². The predicted molar refractivity (Wildman–Crippen MR) is 54.4 cm³/mol. The molecule has 8 heteroatoms. The Morgan fingerprint density at radius 3 is 2.53 bits per heavy atom. The molecule has 0 saturated carbocycles. The van der Waals surface area contributed by atoms with E-state index in [0.717, 1.165) is 0 Å². The quantitative estimate of drug-likeness (QED) is 0.163. The van der Waals surface area contributed by atoms with E-state index in [1.807, 2.05) is 5.34 Å². The van der Waals surface area contributed by atoms with Crippen LogP contribution in [0, 0.1) is 4.91 Å². The van der Waals surface area contributed by atoms with Gasteiger partial charge in [0.1, 0.15) is 6.04 Å². The van der Waals surface area contributed by atoms with Gasteiger partial charge in [-0.1, -0.05) is 0 Å². The van der Waals surface area contributed by atoms with Crippen molar-refractivity contribution in [2.75, 3.05) is 6.54 Å². The third-order valence-corrected chi connectivity index (χ3v) is 1.65. The fraction of sp³-hybridized carbons (Fsp3) is 0.714. The Morgan fingerprint density at radius 2 is 2.00 bits per heavy atom. The van der Waals surface area contributed by atoms with Crippen LogP contribution in [-0.4, -0.2) is 24.5 Å². The van der Waals surface area contributed by atoms with Crippen LogP contribution >= 0.6 is 0 Å². The molecule has 0 rings (SSSR count). The average Bonchev–Trinajstić information content (AvgIpc) is 2.16. The minimum absolute atomic E-state index is 0.0314. The smallest absolute Gasteiger partial charge is 0.355 e. The van der Waals surface area contributed by atoms with Crippen LogP contribution in [0.3, 0.4) is 0 Å². The first-order valence-corrected chi connectivity index (χ1v) is 4.42. The molecule has 0 aromatic heterocycles. The van der Waals surface area contributed by atoms with Crippen molar-refractivity contribution in [2.45, 2.75) is 25.3 Å². The Labute approximate surface area is 86.8 Å².